The van der Waals surface area contributed by atoms with Crippen molar-refractivity contribution in [3.8, 4) is 0 Å². The Morgan fingerprint density at radius 1 is 1.78 bits per heavy atom. The minimum absolute atomic E-state index is 0.270. The number of carbonyl (C=O) groups excluding carboxylic acids is 1. The molecule has 0 radical (unpaired) electrons. The quantitative estimate of drug-likeness (QED) is 0.835. The van der Waals surface area contributed by atoms with Crippen LogP contribution in [-0.4, -0.2) is 32.9 Å². The van der Waals surface area contributed by atoms with Crippen LogP contribution in [0, 0.1) is 0 Å². The van der Waals surface area contributed by atoms with Crippen LogP contribution in [-0.2, 0) is 16.6 Å². The second-order valence-electron chi connectivity index (χ2n) is 4.68. The lowest BCUT2D eigenvalue weighted by Gasteiger charge is -2.21. The van der Waals surface area contributed by atoms with Gasteiger partial charge in [-0.2, -0.15) is 0 Å². The molecule has 0 saturated heterocycles. The molecule has 2 rings (SSSR count). The highest BCUT2D eigenvalue weighted by molar-refractivity contribution is 7.99. The van der Waals surface area contributed by atoms with Crippen LogP contribution in [0.4, 0.5) is 0 Å². The molecule has 0 aliphatic heterocycles. The molecule has 1 aliphatic carbocycles. The smallest absolute Gasteiger partial charge is 0.326 e. The van der Waals surface area contributed by atoms with Gasteiger partial charge in [-0.1, -0.05) is 11.8 Å². The molecule has 100 valence electrons. The number of nitrogens with zero attached hydrogens (tertiary/aromatic N) is 2. The van der Waals surface area contributed by atoms with E-state index in [2.05, 4.69) is 4.98 Å². The lowest BCUT2D eigenvalue weighted by atomic mass is 10.00. The summed E-state index contributed by atoms with van der Waals surface area (Å²) in [6, 6.07) is 0. The first-order chi connectivity index (χ1) is 8.55. The fraction of sp³-hybridized carbons (Fsp3) is 0.667. The largest absolute Gasteiger partial charge is 0.465 e. The van der Waals surface area contributed by atoms with Gasteiger partial charge in [0.15, 0.2) is 5.16 Å². The second-order valence-corrected chi connectivity index (χ2v) is 5.95. The fourth-order valence-electron chi connectivity index (χ4n) is 2.20. The normalized spacial score (nSPS) is 27.4. The average Bonchev–Trinajstić information content (AvgIpc) is 2.89. The summed E-state index contributed by atoms with van der Waals surface area (Å²) in [6.45, 7) is 2.19. The molecule has 1 fully saturated rings. The molecular formula is C12H19N3O2S. The number of esters is 1. The minimum atomic E-state index is -0.807. The maximum Gasteiger partial charge on any atom is 0.326 e. The Bertz CT molecular complexity index is 435. The number of thioether (sulfide) groups is 1. The SMILES string of the molecule is CCOC(=O)C1(N)CCC(Sc2nccn2C)C1. The standard InChI is InChI=1S/C12H19N3O2S/c1-3-17-10(16)12(13)5-4-9(8-12)18-11-14-6-7-15(11)2/h6-7,9H,3-5,8,13H2,1-2H3. The number of carbonyl (C=O) groups is 1. The monoisotopic (exact) mass is 269 g/mol. The lowest BCUT2D eigenvalue weighted by Crippen LogP contribution is -2.47. The molecule has 2 unspecified atom stereocenters. The highest BCUT2D eigenvalue weighted by Gasteiger charge is 2.43. The van der Waals surface area contributed by atoms with Gasteiger partial charge in [0.05, 0.1) is 6.61 Å². The Morgan fingerprint density at radius 2 is 2.56 bits per heavy atom. The molecule has 1 saturated carbocycles. The van der Waals surface area contributed by atoms with Crippen molar-refractivity contribution >= 4 is 17.7 Å². The third kappa shape index (κ3) is 2.70. The topological polar surface area (TPSA) is 70.1 Å². The van der Waals surface area contributed by atoms with E-state index < -0.39 is 5.54 Å². The summed E-state index contributed by atoms with van der Waals surface area (Å²) >= 11 is 1.69. The zero-order chi connectivity index (χ0) is 13.2. The maximum atomic E-state index is 11.8. The molecule has 5 nitrogen and oxygen atoms in total. The zero-order valence-corrected chi connectivity index (χ0v) is 11.6. The first-order valence-corrected chi connectivity index (χ1v) is 7.03. The molecule has 1 aromatic heterocycles. The lowest BCUT2D eigenvalue weighted by molar-refractivity contribution is -0.149. The number of aromatic nitrogens is 2. The summed E-state index contributed by atoms with van der Waals surface area (Å²) in [5, 5.41) is 1.30. The predicted octanol–water partition coefficient (Wildman–Crippen LogP) is 1.33. The molecule has 1 aromatic rings. The summed E-state index contributed by atoms with van der Waals surface area (Å²) in [7, 11) is 1.96. The fourth-order valence-corrected chi connectivity index (χ4v) is 3.47. The van der Waals surface area contributed by atoms with Gasteiger partial charge in [-0.25, -0.2) is 4.98 Å². The highest BCUT2D eigenvalue weighted by atomic mass is 32.2. The molecule has 1 heterocycles. The van der Waals surface area contributed by atoms with Crippen LogP contribution in [0.1, 0.15) is 26.2 Å². The zero-order valence-electron chi connectivity index (χ0n) is 10.8. The van der Waals surface area contributed by atoms with Crippen LogP contribution in [0.3, 0.4) is 0 Å². The highest BCUT2D eigenvalue weighted by Crippen LogP contribution is 2.38. The van der Waals surface area contributed by atoms with Gasteiger partial charge in [0, 0.05) is 24.7 Å². The van der Waals surface area contributed by atoms with E-state index in [4.69, 9.17) is 10.5 Å². The number of hydrogen-bond acceptors (Lipinski definition) is 5. The van der Waals surface area contributed by atoms with Gasteiger partial charge < -0.3 is 15.0 Å². The molecule has 2 atom stereocenters. The van der Waals surface area contributed by atoms with E-state index in [9.17, 15) is 4.79 Å². The number of nitrogens with two attached hydrogens (primary N) is 1. The van der Waals surface area contributed by atoms with Gasteiger partial charge in [-0.15, -0.1) is 0 Å². The van der Waals surface area contributed by atoms with Crippen molar-refractivity contribution in [2.24, 2.45) is 12.8 Å². The van der Waals surface area contributed by atoms with E-state index in [1.807, 2.05) is 17.8 Å². The van der Waals surface area contributed by atoms with Crippen LogP contribution in [0.15, 0.2) is 17.6 Å². The molecule has 0 spiro atoms. The van der Waals surface area contributed by atoms with E-state index in [1.165, 1.54) is 0 Å². The van der Waals surface area contributed by atoms with Crippen molar-refractivity contribution in [3.63, 3.8) is 0 Å². The molecular weight excluding hydrogens is 250 g/mol. The molecule has 18 heavy (non-hydrogen) atoms. The van der Waals surface area contributed by atoms with Crippen molar-refractivity contribution in [1.82, 2.24) is 9.55 Å². The van der Waals surface area contributed by atoms with Gasteiger partial charge in [0.2, 0.25) is 0 Å². The summed E-state index contributed by atoms with van der Waals surface area (Å²) in [6.07, 6.45) is 5.96. The van der Waals surface area contributed by atoms with Gasteiger partial charge in [0.1, 0.15) is 5.54 Å². The van der Waals surface area contributed by atoms with E-state index >= 15 is 0 Å². The molecule has 1 aliphatic rings. The number of hydrogen-bond donors (Lipinski definition) is 1. The summed E-state index contributed by atoms with van der Waals surface area (Å²) < 4.78 is 7.02. The van der Waals surface area contributed by atoms with Crippen molar-refractivity contribution in [2.75, 3.05) is 6.61 Å². The van der Waals surface area contributed by atoms with Gasteiger partial charge in [-0.05, 0) is 26.2 Å². The number of aryl methyl sites for hydroxylation is 1. The van der Waals surface area contributed by atoms with Crippen LogP contribution in [0.25, 0.3) is 0 Å². The third-order valence-corrected chi connectivity index (χ3v) is 4.58. The summed E-state index contributed by atoms with van der Waals surface area (Å²) in [5.41, 5.74) is 5.32. The summed E-state index contributed by atoms with van der Waals surface area (Å²) in [4.78, 5) is 16.1. The molecule has 0 amide bonds. The van der Waals surface area contributed by atoms with Crippen LogP contribution in [0.5, 0.6) is 0 Å². The van der Waals surface area contributed by atoms with Gasteiger partial charge in [0.25, 0.3) is 0 Å². The Balaban J connectivity index is 1.96. The first-order valence-electron chi connectivity index (χ1n) is 6.15. The molecule has 0 aromatic carbocycles. The Kier molecular flexibility index (Phi) is 3.97. The van der Waals surface area contributed by atoms with E-state index in [-0.39, 0.29) is 5.97 Å². The first kappa shape index (κ1) is 13.4. The molecule has 2 N–H and O–H groups in total. The molecule has 0 bridgehead atoms. The Morgan fingerprint density at radius 3 is 3.17 bits per heavy atom. The van der Waals surface area contributed by atoms with Crippen molar-refractivity contribution in [1.29, 1.82) is 0 Å². The Labute approximate surface area is 111 Å². The minimum Gasteiger partial charge on any atom is -0.465 e. The second kappa shape index (κ2) is 5.32. The maximum absolute atomic E-state index is 11.8. The van der Waals surface area contributed by atoms with Crippen LogP contribution < -0.4 is 5.73 Å². The number of rotatable bonds is 4. The van der Waals surface area contributed by atoms with E-state index in [1.54, 1.807) is 24.9 Å². The molecule has 6 heteroatoms. The van der Waals surface area contributed by atoms with Crippen molar-refractivity contribution in [3.05, 3.63) is 12.4 Å². The van der Waals surface area contributed by atoms with Crippen molar-refractivity contribution < 1.29 is 9.53 Å². The number of ether oxygens (including phenoxy) is 1. The van der Waals surface area contributed by atoms with Crippen molar-refractivity contribution in [2.45, 2.75) is 42.1 Å². The third-order valence-electron chi connectivity index (χ3n) is 3.24. The van der Waals surface area contributed by atoms with Crippen LogP contribution in [0.2, 0.25) is 0 Å². The number of imidazole rings is 1. The van der Waals surface area contributed by atoms with Gasteiger partial charge in [-0.3, -0.25) is 4.79 Å². The van der Waals surface area contributed by atoms with E-state index in [0.717, 1.165) is 11.6 Å². The van der Waals surface area contributed by atoms with Gasteiger partial charge >= 0.3 is 5.97 Å². The summed E-state index contributed by atoms with van der Waals surface area (Å²) in [5.74, 6) is -0.270. The Hall–Kier alpha value is -1.01. The van der Waals surface area contributed by atoms with E-state index in [0.29, 0.717) is 24.7 Å². The predicted molar refractivity (Wildman–Crippen MR) is 70.3 cm³/mol. The van der Waals surface area contributed by atoms with Crippen LogP contribution >= 0.6 is 11.8 Å². The average molecular weight is 269 g/mol.